The molecule has 1 atom stereocenters. The Morgan fingerprint density at radius 3 is 1.90 bits per heavy atom. The molecule has 62 valence electrons. The van der Waals surface area contributed by atoms with Crippen molar-refractivity contribution in [3.05, 3.63) is 0 Å². The van der Waals surface area contributed by atoms with Gasteiger partial charge in [0, 0.05) is 6.04 Å². The van der Waals surface area contributed by atoms with Gasteiger partial charge in [0.05, 0.1) is 0 Å². The Morgan fingerprint density at radius 1 is 1.10 bits per heavy atom. The third kappa shape index (κ3) is 4.77. The largest absolute Gasteiger partial charge is 0.309 e. The van der Waals surface area contributed by atoms with Crippen molar-refractivity contribution in [2.75, 3.05) is 34.7 Å². The maximum atomic E-state index is 2.25. The minimum Gasteiger partial charge on any atom is -0.309 e. The first kappa shape index (κ1) is 9.92. The second-order valence-corrected chi connectivity index (χ2v) is 3.40. The summed E-state index contributed by atoms with van der Waals surface area (Å²) in [6.07, 6.45) is 1.25. The monoisotopic (exact) mass is 144 g/mol. The molecule has 0 bridgehead atoms. The zero-order valence-electron chi connectivity index (χ0n) is 7.89. The minimum absolute atomic E-state index is 0.697. The molecule has 10 heavy (non-hydrogen) atoms. The van der Waals surface area contributed by atoms with E-state index in [4.69, 9.17) is 0 Å². The summed E-state index contributed by atoms with van der Waals surface area (Å²) in [6.45, 7) is 3.43. The second-order valence-electron chi connectivity index (χ2n) is 3.40. The van der Waals surface area contributed by atoms with Crippen molar-refractivity contribution >= 4 is 0 Å². The van der Waals surface area contributed by atoms with Gasteiger partial charge in [0.25, 0.3) is 0 Å². The van der Waals surface area contributed by atoms with Gasteiger partial charge in [-0.15, -0.1) is 0 Å². The van der Waals surface area contributed by atoms with Crippen LogP contribution in [0, 0.1) is 0 Å². The van der Waals surface area contributed by atoms with Crippen LogP contribution < -0.4 is 0 Å². The van der Waals surface area contributed by atoms with Gasteiger partial charge in [-0.3, -0.25) is 0 Å². The maximum Gasteiger partial charge on any atom is 0.00730 e. The van der Waals surface area contributed by atoms with Gasteiger partial charge >= 0.3 is 0 Å². The molecule has 0 heterocycles. The number of hydrogen-bond acceptors (Lipinski definition) is 2. The highest BCUT2D eigenvalue weighted by Gasteiger charge is 2.03. The summed E-state index contributed by atoms with van der Waals surface area (Å²) >= 11 is 0. The summed E-state index contributed by atoms with van der Waals surface area (Å²) in [5.41, 5.74) is 0. The van der Waals surface area contributed by atoms with E-state index in [1.54, 1.807) is 0 Å². The molecule has 0 fully saturated rings. The SMILES string of the molecule is CC(CCN(C)C)N(C)C. The van der Waals surface area contributed by atoms with Crippen molar-refractivity contribution in [1.82, 2.24) is 9.80 Å². The van der Waals surface area contributed by atoms with Crippen molar-refractivity contribution in [2.45, 2.75) is 19.4 Å². The second kappa shape index (κ2) is 4.69. The van der Waals surface area contributed by atoms with Crippen molar-refractivity contribution in [1.29, 1.82) is 0 Å². The number of rotatable bonds is 4. The Morgan fingerprint density at radius 2 is 1.60 bits per heavy atom. The van der Waals surface area contributed by atoms with Crippen molar-refractivity contribution in [3.8, 4) is 0 Å². The summed E-state index contributed by atoms with van der Waals surface area (Å²) in [4.78, 5) is 4.48. The normalized spacial score (nSPS) is 14.7. The molecule has 0 saturated carbocycles. The molecule has 0 N–H and O–H groups in total. The fourth-order valence-corrected chi connectivity index (χ4v) is 0.703. The molecule has 0 aliphatic rings. The lowest BCUT2D eigenvalue weighted by Crippen LogP contribution is -2.28. The Balaban J connectivity index is 3.30. The van der Waals surface area contributed by atoms with Gasteiger partial charge in [0.2, 0.25) is 0 Å². The molecule has 0 aliphatic carbocycles. The van der Waals surface area contributed by atoms with E-state index < -0.39 is 0 Å². The lowest BCUT2D eigenvalue weighted by Gasteiger charge is -2.21. The van der Waals surface area contributed by atoms with Crippen molar-refractivity contribution < 1.29 is 0 Å². The van der Waals surface area contributed by atoms with Crippen LogP contribution in [-0.2, 0) is 0 Å². The third-order valence-corrected chi connectivity index (χ3v) is 1.88. The molecule has 0 aromatic heterocycles. The molecule has 0 aromatic rings. The van der Waals surface area contributed by atoms with E-state index in [0.29, 0.717) is 6.04 Å². The van der Waals surface area contributed by atoms with Crippen LogP contribution in [0.3, 0.4) is 0 Å². The molecule has 0 spiro atoms. The van der Waals surface area contributed by atoms with E-state index in [9.17, 15) is 0 Å². The van der Waals surface area contributed by atoms with Crippen LogP contribution in [-0.4, -0.2) is 50.6 Å². The van der Waals surface area contributed by atoms with Crippen molar-refractivity contribution in [2.24, 2.45) is 0 Å². The van der Waals surface area contributed by atoms with Crippen LogP contribution in [0.5, 0.6) is 0 Å². The average Bonchev–Trinajstić information content (AvgIpc) is 1.82. The summed E-state index contributed by atoms with van der Waals surface area (Å²) in [5, 5.41) is 0. The maximum absolute atomic E-state index is 2.25. The number of hydrogen-bond donors (Lipinski definition) is 0. The van der Waals surface area contributed by atoms with Crippen LogP contribution in [0.1, 0.15) is 13.3 Å². The van der Waals surface area contributed by atoms with E-state index in [-0.39, 0.29) is 0 Å². The van der Waals surface area contributed by atoms with E-state index in [0.717, 1.165) is 0 Å². The zero-order chi connectivity index (χ0) is 8.15. The Bertz CT molecular complexity index is 79.3. The Kier molecular flexibility index (Phi) is 4.65. The minimum atomic E-state index is 0.697. The molecule has 0 saturated heterocycles. The highest BCUT2D eigenvalue weighted by Crippen LogP contribution is 1.97. The van der Waals surface area contributed by atoms with E-state index >= 15 is 0 Å². The highest BCUT2D eigenvalue weighted by molar-refractivity contribution is 4.60. The number of nitrogens with zero attached hydrogens (tertiary/aromatic N) is 2. The van der Waals surface area contributed by atoms with Crippen molar-refractivity contribution in [3.63, 3.8) is 0 Å². The van der Waals surface area contributed by atoms with Crippen LogP contribution >= 0.6 is 0 Å². The fourth-order valence-electron chi connectivity index (χ4n) is 0.703. The van der Waals surface area contributed by atoms with Crippen LogP contribution in [0.4, 0.5) is 0 Å². The Labute approximate surface area is 64.8 Å². The summed E-state index contributed by atoms with van der Waals surface area (Å²) in [6, 6.07) is 0.697. The van der Waals surface area contributed by atoms with Gasteiger partial charge in [0.15, 0.2) is 0 Å². The first-order chi connectivity index (χ1) is 4.54. The quantitative estimate of drug-likeness (QED) is 0.578. The smallest absolute Gasteiger partial charge is 0.00730 e. The molecular weight excluding hydrogens is 124 g/mol. The molecule has 1 unspecified atom stereocenters. The van der Waals surface area contributed by atoms with E-state index in [1.807, 2.05) is 0 Å². The van der Waals surface area contributed by atoms with Crippen LogP contribution in [0.25, 0.3) is 0 Å². The molecule has 0 radical (unpaired) electrons. The molecule has 2 nitrogen and oxygen atoms in total. The van der Waals surface area contributed by atoms with Gasteiger partial charge in [-0.2, -0.15) is 0 Å². The summed E-state index contributed by atoms with van der Waals surface area (Å²) in [5.74, 6) is 0. The first-order valence-electron chi connectivity index (χ1n) is 3.85. The zero-order valence-corrected chi connectivity index (χ0v) is 7.89. The lowest BCUT2D eigenvalue weighted by atomic mass is 10.2. The van der Waals surface area contributed by atoms with E-state index in [1.165, 1.54) is 13.0 Å². The topological polar surface area (TPSA) is 6.48 Å². The molecule has 0 aromatic carbocycles. The van der Waals surface area contributed by atoms with Crippen LogP contribution in [0.2, 0.25) is 0 Å². The first-order valence-corrected chi connectivity index (χ1v) is 3.85. The predicted molar refractivity (Wildman–Crippen MR) is 46.3 cm³/mol. The van der Waals surface area contributed by atoms with Gasteiger partial charge in [0.1, 0.15) is 0 Å². The molecule has 0 amide bonds. The summed E-state index contributed by atoms with van der Waals surface area (Å²) < 4.78 is 0. The molecule has 0 aliphatic heterocycles. The molecular formula is C8H20N2. The van der Waals surface area contributed by atoms with Gasteiger partial charge in [-0.05, 0) is 48.1 Å². The predicted octanol–water partition coefficient (Wildman–Crippen LogP) is 0.888. The summed E-state index contributed by atoms with van der Waals surface area (Å²) in [7, 11) is 8.48. The van der Waals surface area contributed by atoms with Gasteiger partial charge in [-0.1, -0.05) is 0 Å². The lowest BCUT2D eigenvalue weighted by molar-refractivity contribution is 0.267. The fraction of sp³-hybridized carbons (Fsp3) is 1.00. The highest BCUT2D eigenvalue weighted by atomic mass is 15.1. The van der Waals surface area contributed by atoms with Gasteiger partial charge in [-0.25, -0.2) is 0 Å². The third-order valence-electron chi connectivity index (χ3n) is 1.88. The molecule has 2 heteroatoms. The van der Waals surface area contributed by atoms with E-state index in [2.05, 4.69) is 44.9 Å². The standard InChI is InChI=1S/C8H20N2/c1-8(10(4)5)6-7-9(2)3/h8H,6-7H2,1-5H3. The Hall–Kier alpha value is -0.0800. The molecule has 0 rings (SSSR count). The van der Waals surface area contributed by atoms with Crippen LogP contribution in [0.15, 0.2) is 0 Å². The van der Waals surface area contributed by atoms with Gasteiger partial charge < -0.3 is 9.80 Å². The average molecular weight is 144 g/mol.